The first-order valence-corrected chi connectivity index (χ1v) is 15.6. The number of amides is 2. The molecule has 1 aromatic carbocycles. The number of fused-ring (bicyclic) bond motifs is 1. The lowest BCUT2D eigenvalue weighted by Gasteiger charge is -2.36. The van der Waals surface area contributed by atoms with E-state index in [0.29, 0.717) is 48.4 Å². The smallest absolute Gasteiger partial charge is 0.374 e. The molecular weight excluding hydrogens is 541 g/mol. The van der Waals surface area contributed by atoms with Crippen molar-refractivity contribution < 1.29 is 33.0 Å². The number of likely N-dealkylation sites (tertiary alicyclic amines) is 1. The molecule has 5 rings (SSSR count). The number of ether oxygens (including phenoxy) is 1. The van der Waals surface area contributed by atoms with Crippen LogP contribution < -0.4 is 11.1 Å². The second-order valence-corrected chi connectivity index (χ2v) is 12.3. The van der Waals surface area contributed by atoms with Crippen molar-refractivity contribution in [2.75, 3.05) is 31.7 Å². The molecule has 3 aliphatic rings. The summed E-state index contributed by atoms with van der Waals surface area (Å²) < 4.78 is 23.9. The van der Waals surface area contributed by atoms with E-state index in [1.54, 1.807) is 24.3 Å². The topological polar surface area (TPSA) is 135 Å². The average molecular weight is 586 g/mol. The van der Waals surface area contributed by atoms with Gasteiger partial charge in [0.05, 0.1) is 6.61 Å². The molecule has 1 unspecified atom stereocenters. The number of aliphatic hydroxyl groups is 1. The Morgan fingerprint density at radius 3 is 2.55 bits per heavy atom. The number of hydrogen-bond acceptors (Lipinski definition) is 7. The predicted octanol–water partition coefficient (Wildman–Crippen LogP) is 4.81. The first kappa shape index (κ1) is 30.5. The number of esters is 1. The fourth-order valence-electron chi connectivity index (χ4n) is 7.35. The number of hydrogen-bond donors (Lipinski definition) is 3. The molecule has 10 heteroatoms. The van der Waals surface area contributed by atoms with E-state index >= 15 is 0 Å². The SMILES string of the molecule is N[C@H](CF)C1CCC(C(=O)N2CCC(C3CCCCC3)[C@H]2C(=O)Nc2ccc3oc(C(=O)OCCCO)cc3c2)CC1. The summed E-state index contributed by atoms with van der Waals surface area (Å²) in [4.78, 5) is 41.9. The molecule has 4 N–H and O–H groups in total. The first-order chi connectivity index (χ1) is 20.4. The number of rotatable bonds is 10. The number of furan rings is 1. The van der Waals surface area contributed by atoms with Crippen LogP contribution in [0.2, 0.25) is 0 Å². The number of carbonyl (C=O) groups is 3. The van der Waals surface area contributed by atoms with Gasteiger partial charge in [0.2, 0.25) is 17.6 Å². The van der Waals surface area contributed by atoms with Gasteiger partial charge in [-0.25, -0.2) is 9.18 Å². The van der Waals surface area contributed by atoms with Crippen LogP contribution in [-0.2, 0) is 14.3 Å². The van der Waals surface area contributed by atoms with Gasteiger partial charge < -0.3 is 30.2 Å². The molecule has 0 spiro atoms. The van der Waals surface area contributed by atoms with Gasteiger partial charge in [0.25, 0.3) is 0 Å². The zero-order valence-electron chi connectivity index (χ0n) is 24.3. The molecule has 2 heterocycles. The van der Waals surface area contributed by atoms with Crippen molar-refractivity contribution in [2.24, 2.45) is 29.4 Å². The number of nitrogens with zero attached hydrogens (tertiary/aromatic N) is 1. The highest BCUT2D eigenvalue weighted by Gasteiger charge is 2.47. The van der Waals surface area contributed by atoms with E-state index in [2.05, 4.69) is 5.32 Å². The summed E-state index contributed by atoms with van der Waals surface area (Å²) in [5.74, 6) is -0.227. The highest BCUT2D eigenvalue weighted by atomic mass is 19.1. The summed E-state index contributed by atoms with van der Waals surface area (Å²) in [7, 11) is 0. The highest BCUT2D eigenvalue weighted by molar-refractivity contribution is 6.00. The van der Waals surface area contributed by atoms with Crippen LogP contribution in [0.3, 0.4) is 0 Å². The Hall–Kier alpha value is -2.98. The van der Waals surface area contributed by atoms with Crippen LogP contribution in [0.5, 0.6) is 0 Å². The van der Waals surface area contributed by atoms with Crippen molar-refractivity contribution in [3.63, 3.8) is 0 Å². The minimum absolute atomic E-state index is 0.0374. The third-order valence-corrected chi connectivity index (χ3v) is 9.68. The molecule has 2 saturated carbocycles. The van der Waals surface area contributed by atoms with E-state index in [-0.39, 0.29) is 48.5 Å². The maximum Gasteiger partial charge on any atom is 0.374 e. The molecule has 230 valence electrons. The molecule has 3 atom stereocenters. The van der Waals surface area contributed by atoms with Gasteiger partial charge in [0.15, 0.2) is 0 Å². The minimum atomic E-state index is -0.610. The molecule has 1 saturated heterocycles. The lowest BCUT2D eigenvalue weighted by atomic mass is 9.76. The Morgan fingerprint density at radius 1 is 1.07 bits per heavy atom. The number of alkyl halides is 1. The van der Waals surface area contributed by atoms with Gasteiger partial charge in [0.1, 0.15) is 18.3 Å². The van der Waals surface area contributed by atoms with Crippen molar-refractivity contribution in [3.8, 4) is 0 Å². The number of nitrogens with two attached hydrogens (primary N) is 1. The molecule has 2 amide bonds. The van der Waals surface area contributed by atoms with Crippen molar-refractivity contribution in [2.45, 2.75) is 82.7 Å². The Balaban J connectivity index is 1.30. The summed E-state index contributed by atoms with van der Waals surface area (Å²) in [6.45, 7) is 0.0588. The van der Waals surface area contributed by atoms with Crippen molar-refractivity contribution >= 4 is 34.4 Å². The van der Waals surface area contributed by atoms with E-state index in [9.17, 15) is 18.8 Å². The highest BCUT2D eigenvalue weighted by Crippen LogP contribution is 2.41. The Kier molecular flexibility index (Phi) is 10.2. The van der Waals surface area contributed by atoms with E-state index < -0.39 is 24.7 Å². The van der Waals surface area contributed by atoms with Gasteiger partial charge in [-0.05, 0) is 74.1 Å². The zero-order valence-corrected chi connectivity index (χ0v) is 24.3. The van der Waals surface area contributed by atoms with Gasteiger partial charge in [0, 0.05) is 42.6 Å². The standard InChI is InChI=1S/C32H44FN3O6/c33-19-26(34)21-7-9-22(10-8-21)31(39)36-14-13-25(20-5-2-1-3-6-20)29(36)30(38)35-24-11-12-27-23(17-24)18-28(42-27)32(40)41-16-4-15-37/h11-12,17-18,20-22,25-26,29,37H,1-10,13-16,19,34H2,(H,35,38)/t21?,22?,25?,26-,29+/m1/s1. The van der Waals surface area contributed by atoms with Crippen LogP contribution in [-0.4, -0.2) is 66.3 Å². The van der Waals surface area contributed by atoms with E-state index in [1.807, 2.05) is 4.90 Å². The van der Waals surface area contributed by atoms with Crippen molar-refractivity contribution in [1.29, 1.82) is 0 Å². The number of halogens is 1. The molecule has 3 fully saturated rings. The van der Waals surface area contributed by atoms with E-state index in [0.717, 1.165) is 44.9 Å². The summed E-state index contributed by atoms with van der Waals surface area (Å²) in [6, 6.07) is 5.76. The fourth-order valence-corrected chi connectivity index (χ4v) is 7.35. The Morgan fingerprint density at radius 2 is 1.83 bits per heavy atom. The zero-order chi connectivity index (χ0) is 29.6. The average Bonchev–Trinajstić information content (AvgIpc) is 3.66. The van der Waals surface area contributed by atoms with Crippen LogP contribution in [0.1, 0.15) is 81.2 Å². The first-order valence-electron chi connectivity index (χ1n) is 15.6. The Bertz CT molecular complexity index is 1240. The van der Waals surface area contributed by atoms with Gasteiger partial charge in [-0.1, -0.05) is 32.1 Å². The van der Waals surface area contributed by atoms with E-state index in [1.165, 1.54) is 6.42 Å². The molecular formula is C32H44FN3O6. The lowest BCUT2D eigenvalue weighted by molar-refractivity contribution is -0.142. The normalized spacial score (nSPS) is 25.8. The molecule has 2 aliphatic carbocycles. The van der Waals surface area contributed by atoms with Crippen LogP contribution in [0.15, 0.2) is 28.7 Å². The molecule has 1 aliphatic heterocycles. The predicted molar refractivity (Wildman–Crippen MR) is 156 cm³/mol. The second kappa shape index (κ2) is 14.0. The van der Waals surface area contributed by atoms with Crippen LogP contribution in [0.25, 0.3) is 11.0 Å². The molecule has 9 nitrogen and oxygen atoms in total. The van der Waals surface area contributed by atoms with Gasteiger partial charge in [-0.3, -0.25) is 9.59 Å². The van der Waals surface area contributed by atoms with Crippen LogP contribution in [0, 0.1) is 23.7 Å². The number of nitrogens with one attached hydrogen (secondary N) is 1. The molecule has 1 aromatic heterocycles. The number of benzene rings is 1. The van der Waals surface area contributed by atoms with Crippen molar-refractivity contribution in [1.82, 2.24) is 4.90 Å². The molecule has 42 heavy (non-hydrogen) atoms. The third-order valence-electron chi connectivity index (χ3n) is 9.68. The molecule has 0 bridgehead atoms. The number of carbonyl (C=O) groups excluding carboxylic acids is 3. The fraction of sp³-hybridized carbons (Fsp3) is 0.656. The van der Waals surface area contributed by atoms with Crippen molar-refractivity contribution in [3.05, 3.63) is 30.0 Å². The summed E-state index contributed by atoms with van der Waals surface area (Å²) in [5.41, 5.74) is 7.00. The second-order valence-electron chi connectivity index (χ2n) is 12.3. The Labute approximate surface area is 246 Å². The largest absolute Gasteiger partial charge is 0.460 e. The van der Waals surface area contributed by atoms with Crippen LogP contribution in [0.4, 0.5) is 10.1 Å². The van der Waals surface area contributed by atoms with Gasteiger partial charge >= 0.3 is 5.97 Å². The maximum atomic E-state index is 14.0. The third kappa shape index (κ3) is 6.80. The summed E-state index contributed by atoms with van der Waals surface area (Å²) in [6.07, 6.45) is 9.69. The summed E-state index contributed by atoms with van der Waals surface area (Å²) >= 11 is 0. The van der Waals surface area contributed by atoms with Crippen LogP contribution >= 0.6 is 0 Å². The summed E-state index contributed by atoms with van der Waals surface area (Å²) in [5, 5.41) is 12.6. The minimum Gasteiger partial charge on any atom is -0.460 e. The lowest BCUT2D eigenvalue weighted by Crippen LogP contribution is -2.50. The van der Waals surface area contributed by atoms with E-state index in [4.69, 9.17) is 20.0 Å². The quantitative estimate of drug-likeness (QED) is 0.269. The molecule has 2 aromatic rings. The van der Waals surface area contributed by atoms with Gasteiger partial charge in [-0.2, -0.15) is 0 Å². The van der Waals surface area contributed by atoms with Gasteiger partial charge in [-0.15, -0.1) is 0 Å². The number of aliphatic hydroxyl groups excluding tert-OH is 1. The maximum absolute atomic E-state index is 14.0. The molecule has 0 radical (unpaired) electrons. The monoisotopic (exact) mass is 585 g/mol. The number of anilines is 1.